The molecule has 6 heteroatoms. The van der Waals surface area contributed by atoms with Gasteiger partial charge in [0.2, 0.25) is 0 Å². The molecule has 3 rings (SSSR count). The van der Waals surface area contributed by atoms with Gasteiger partial charge in [-0.15, -0.1) is 0 Å². The molecule has 0 saturated carbocycles. The highest BCUT2D eigenvalue weighted by Crippen LogP contribution is 2.30. The second-order valence-corrected chi connectivity index (χ2v) is 5.74. The van der Waals surface area contributed by atoms with Crippen molar-refractivity contribution in [2.45, 2.75) is 33.3 Å². The van der Waals surface area contributed by atoms with Gasteiger partial charge in [0.1, 0.15) is 17.9 Å². The average molecular weight is 326 g/mol. The SMILES string of the molecule is Cc1cnc(COc2ccc3c(C(C)C(=O)O)coc3c2)c(C)n1. The van der Waals surface area contributed by atoms with Gasteiger partial charge in [0.05, 0.1) is 29.3 Å². The summed E-state index contributed by atoms with van der Waals surface area (Å²) in [6.45, 7) is 5.73. The van der Waals surface area contributed by atoms with Gasteiger partial charge in [0, 0.05) is 23.2 Å². The Labute approximate surface area is 139 Å². The second-order valence-electron chi connectivity index (χ2n) is 5.74. The minimum Gasteiger partial charge on any atom is -0.487 e. The summed E-state index contributed by atoms with van der Waals surface area (Å²) in [7, 11) is 0. The van der Waals surface area contributed by atoms with E-state index in [1.54, 1.807) is 25.3 Å². The number of benzene rings is 1. The van der Waals surface area contributed by atoms with Crippen LogP contribution in [0, 0.1) is 13.8 Å². The molecule has 6 nitrogen and oxygen atoms in total. The lowest BCUT2D eigenvalue weighted by Crippen LogP contribution is -2.06. The van der Waals surface area contributed by atoms with Crippen molar-refractivity contribution in [3.63, 3.8) is 0 Å². The van der Waals surface area contributed by atoms with Crippen LogP contribution in [-0.2, 0) is 11.4 Å². The van der Waals surface area contributed by atoms with E-state index in [-0.39, 0.29) is 0 Å². The zero-order valence-electron chi connectivity index (χ0n) is 13.7. The number of aromatic nitrogens is 2. The molecule has 3 aromatic rings. The van der Waals surface area contributed by atoms with Crippen LogP contribution in [0.3, 0.4) is 0 Å². The monoisotopic (exact) mass is 326 g/mol. The van der Waals surface area contributed by atoms with Crippen molar-refractivity contribution in [3.8, 4) is 5.75 Å². The van der Waals surface area contributed by atoms with E-state index in [2.05, 4.69) is 9.97 Å². The fourth-order valence-corrected chi connectivity index (χ4v) is 2.50. The van der Waals surface area contributed by atoms with Crippen LogP contribution in [0.5, 0.6) is 5.75 Å². The molecule has 124 valence electrons. The topological polar surface area (TPSA) is 85.5 Å². The van der Waals surface area contributed by atoms with Crippen molar-refractivity contribution in [1.29, 1.82) is 0 Å². The van der Waals surface area contributed by atoms with Crippen LogP contribution in [0.4, 0.5) is 0 Å². The van der Waals surface area contributed by atoms with Gasteiger partial charge < -0.3 is 14.3 Å². The lowest BCUT2D eigenvalue weighted by Gasteiger charge is -2.08. The molecule has 1 unspecified atom stereocenters. The summed E-state index contributed by atoms with van der Waals surface area (Å²) in [5.41, 5.74) is 3.74. The van der Waals surface area contributed by atoms with E-state index in [0.717, 1.165) is 22.5 Å². The molecule has 0 saturated heterocycles. The van der Waals surface area contributed by atoms with E-state index in [0.29, 0.717) is 23.5 Å². The standard InChI is InChI=1S/C18H18N2O4/c1-10-7-19-16(12(3)20-10)9-23-13-4-5-14-15(11(2)18(21)22)8-24-17(14)6-13/h4-8,11H,9H2,1-3H3,(H,21,22). The largest absolute Gasteiger partial charge is 0.487 e. The molecule has 0 radical (unpaired) electrons. The normalized spacial score (nSPS) is 12.3. The average Bonchev–Trinajstić information content (AvgIpc) is 2.96. The minimum atomic E-state index is -0.883. The Morgan fingerprint density at radius 3 is 2.88 bits per heavy atom. The third-order valence-electron chi connectivity index (χ3n) is 3.96. The number of fused-ring (bicyclic) bond motifs is 1. The lowest BCUT2D eigenvalue weighted by molar-refractivity contribution is -0.138. The number of rotatable bonds is 5. The molecule has 0 spiro atoms. The Balaban J connectivity index is 1.80. The molecule has 0 aliphatic rings. The van der Waals surface area contributed by atoms with Crippen LogP contribution in [0.25, 0.3) is 11.0 Å². The van der Waals surface area contributed by atoms with Gasteiger partial charge in [0.15, 0.2) is 0 Å². The van der Waals surface area contributed by atoms with Crippen molar-refractivity contribution in [2.75, 3.05) is 0 Å². The third kappa shape index (κ3) is 3.08. The van der Waals surface area contributed by atoms with Gasteiger partial charge in [-0.2, -0.15) is 0 Å². The number of carboxylic acid groups (broad SMARTS) is 1. The molecule has 0 fully saturated rings. The number of nitrogens with zero attached hydrogens (tertiary/aromatic N) is 2. The van der Waals surface area contributed by atoms with Crippen LogP contribution in [0.2, 0.25) is 0 Å². The number of aryl methyl sites for hydroxylation is 2. The van der Waals surface area contributed by atoms with Crippen LogP contribution < -0.4 is 4.74 Å². The molecule has 0 amide bonds. The van der Waals surface area contributed by atoms with Crippen molar-refractivity contribution >= 4 is 16.9 Å². The number of carbonyl (C=O) groups is 1. The fourth-order valence-electron chi connectivity index (χ4n) is 2.50. The van der Waals surface area contributed by atoms with E-state index in [1.165, 1.54) is 6.26 Å². The molecule has 1 atom stereocenters. The zero-order valence-corrected chi connectivity index (χ0v) is 13.7. The quantitative estimate of drug-likeness (QED) is 0.771. The predicted octanol–water partition coefficient (Wildman–Crippen LogP) is 3.61. The molecule has 0 bridgehead atoms. The van der Waals surface area contributed by atoms with Crippen LogP contribution in [-0.4, -0.2) is 21.0 Å². The Morgan fingerprint density at radius 2 is 2.17 bits per heavy atom. The summed E-state index contributed by atoms with van der Waals surface area (Å²) in [5.74, 6) is -0.872. The number of carboxylic acids is 1. The third-order valence-corrected chi connectivity index (χ3v) is 3.96. The first-order chi connectivity index (χ1) is 11.5. The maximum Gasteiger partial charge on any atom is 0.310 e. The number of hydrogen-bond acceptors (Lipinski definition) is 5. The lowest BCUT2D eigenvalue weighted by atomic mass is 10.0. The summed E-state index contributed by atoms with van der Waals surface area (Å²) in [6.07, 6.45) is 3.20. The molecule has 1 N–H and O–H groups in total. The second kappa shape index (κ2) is 6.31. The number of aliphatic carboxylic acids is 1. The number of furan rings is 1. The molecular formula is C18H18N2O4. The van der Waals surface area contributed by atoms with Gasteiger partial charge in [0.25, 0.3) is 0 Å². The van der Waals surface area contributed by atoms with E-state index in [4.69, 9.17) is 14.3 Å². The molecule has 1 aromatic carbocycles. The molecular weight excluding hydrogens is 308 g/mol. The number of hydrogen-bond donors (Lipinski definition) is 1. The molecule has 2 aromatic heterocycles. The summed E-state index contributed by atoms with van der Waals surface area (Å²) in [5, 5.41) is 9.93. The maximum atomic E-state index is 11.1. The Kier molecular flexibility index (Phi) is 4.20. The van der Waals surface area contributed by atoms with E-state index < -0.39 is 11.9 Å². The Hall–Kier alpha value is -2.89. The van der Waals surface area contributed by atoms with Gasteiger partial charge in [-0.1, -0.05) is 0 Å². The van der Waals surface area contributed by atoms with Crippen LogP contribution >= 0.6 is 0 Å². The summed E-state index contributed by atoms with van der Waals surface area (Å²) >= 11 is 0. The van der Waals surface area contributed by atoms with E-state index >= 15 is 0 Å². The summed E-state index contributed by atoms with van der Waals surface area (Å²) < 4.78 is 11.2. The molecule has 0 aliphatic carbocycles. The first-order valence-electron chi connectivity index (χ1n) is 7.61. The van der Waals surface area contributed by atoms with Gasteiger partial charge in [-0.25, -0.2) is 0 Å². The van der Waals surface area contributed by atoms with Crippen molar-refractivity contribution in [2.24, 2.45) is 0 Å². The van der Waals surface area contributed by atoms with Crippen molar-refractivity contribution < 1.29 is 19.1 Å². The highest BCUT2D eigenvalue weighted by atomic mass is 16.5. The van der Waals surface area contributed by atoms with Crippen LogP contribution in [0.15, 0.2) is 35.1 Å². The molecule has 0 aliphatic heterocycles. The fraction of sp³-hybridized carbons (Fsp3) is 0.278. The Morgan fingerprint density at radius 1 is 1.38 bits per heavy atom. The number of ether oxygens (including phenoxy) is 1. The maximum absolute atomic E-state index is 11.1. The van der Waals surface area contributed by atoms with E-state index in [1.807, 2.05) is 19.9 Å². The van der Waals surface area contributed by atoms with Gasteiger partial charge in [-0.3, -0.25) is 14.8 Å². The highest BCUT2D eigenvalue weighted by molar-refractivity contribution is 5.88. The molecule has 2 heterocycles. The summed E-state index contributed by atoms with van der Waals surface area (Å²) in [4.78, 5) is 19.8. The zero-order chi connectivity index (χ0) is 17.3. The van der Waals surface area contributed by atoms with Crippen LogP contribution in [0.1, 0.15) is 35.5 Å². The van der Waals surface area contributed by atoms with Crippen molar-refractivity contribution in [3.05, 3.63) is 53.3 Å². The first kappa shape index (κ1) is 16.0. The van der Waals surface area contributed by atoms with Gasteiger partial charge in [-0.05, 0) is 32.9 Å². The van der Waals surface area contributed by atoms with Crippen molar-refractivity contribution in [1.82, 2.24) is 9.97 Å². The van der Waals surface area contributed by atoms with E-state index in [9.17, 15) is 4.79 Å². The highest BCUT2D eigenvalue weighted by Gasteiger charge is 2.19. The summed E-state index contributed by atoms with van der Waals surface area (Å²) in [6, 6.07) is 5.37. The predicted molar refractivity (Wildman–Crippen MR) is 88.1 cm³/mol. The minimum absolute atomic E-state index is 0.309. The van der Waals surface area contributed by atoms with Gasteiger partial charge >= 0.3 is 5.97 Å². The Bertz CT molecular complexity index is 901. The molecule has 24 heavy (non-hydrogen) atoms. The smallest absolute Gasteiger partial charge is 0.310 e. The first-order valence-corrected chi connectivity index (χ1v) is 7.61.